The Morgan fingerprint density at radius 2 is 1.43 bits per heavy atom. The van der Waals surface area contributed by atoms with E-state index in [0.717, 1.165) is 28.5 Å². The van der Waals surface area contributed by atoms with Crippen molar-refractivity contribution < 1.29 is 5.11 Å². The summed E-state index contributed by atoms with van der Waals surface area (Å²) < 4.78 is 0. The highest BCUT2D eigenvalue weighted by Crippen LogP contribution is 2.66. The predicted molar refractivity (Wildman–Crippen MR) is 151 cm³/mol. The zero-order chi connectivity index (χ0) is 23.7. The fourth-order valence-corrected chi connectivity index (χ4v) is 11.1. The van der Waals surface area contributed by atoms with Gasteiger partial charge < -0.3 is 5.11 Å². The van der Waals surface area contributed by atoms with Gasteiger partial charge in [0, 0.05) is 16.4 Å². The molecule has 6 rings (SSSR count). The van der Waals surface area contributed by atoms with Crippen molar-refractivity contribution in [3.8, 4) is 5.75 Å². The molecule has 3 aliphatic rings. The topological polar surface area (TPSA) is 32.6 Å². The Labute approximate surface area is 211 Å². The van der Waals surface area contributed by atoms with E-state index in [4.69, 9.17) is 4.99 Å². The molecule has 35 heavy (non-hydrogen) atoms. The van der Waals surface area contributed by atoms with Gasteiger partial charge in [0.2, 0.25) is 0 Å². The first kappa shape index (κ1) is 23.2. The summed E-state index contributed by atoms with van der Waals surface area (Å²) in [5.41, 5.74) is 4.39. The number of aliphatic imine (C=N–C) groups is 1. The molecule has 3 aromatic carbocycles. The first-order valence-electron chi connectivity index (χ1n) is 13.9. The van der Waals surface area contributed by atoms with Gasteiger partial charge in [-0.1, -0.05) is 101 Å². The molecule has 0 amide bonds. The number of hydrogen-bond acceptors (Lipinski definition) is 2. The van der Waals surface area contributed by atoms with Gasteiger partial charge in [-0.3, -0.25) is 4.99 Å². The van der Waals surface area contributed by atoms with Crippen LogP contribution in [0.3, 0.4) is 0 Å². The average molecular weight is 484 g/mol. The van der Waals surface area contributed by atoms with Gasteiger partial charge >= 0.3 is 0 Å². The summed E-state index contributed by atoms with van der Waals surface area (Å²) in [5.74, 6) is 1.08. The van der Waals surface area contributed by atoms with Crippen molar-refractivity contribution in [2.75, 3.05) is 6.16 Å². The van der Waals surface area contributed by atoms with Crippen molar-refractivity contribution in [3.63, 3.8) is 0 Å². The van der Waals surface area contributed by atoms with Gasteiger partial charge in [-0.05, 0) is 67.4 Å². The molecule has 3 aromatic rings. The van der Waals surface area contributed by atoms with Crippen LogP contribution in [-0.4, -0.2) is 22.4 Å². The molecule has 0 bridgehead atoms. The number of phenolic OH excluding ortho intramolecular Hbond substituents is 1. The SMILES string of the molecule is Oc1c(C2(C3CCCCC3)CCP(C3CCCCC3)C2=Nc2ccccc2)ccc2ccccc12. The second-order valence-corrected chi connectivity index (χ2v) is 13.5. The van der Waals surface area contributed by atoms with Crippen molar-refractivity contribution in [2.24, 2.45) is 10.9 Å². The van der Waals surface area contributed by atoms with Crippen LogP contribution < -0.4 is 0 Å². The molecule has 1 aliphatic heterocycles. The smallest absolute Gasteiger partial charge is 0.127 e. The molecule has 182 valence electrons. The van der Waals surface area contributed by atoms with Crippen LogP contribution in [0.4, 0.5) is 5.69 Å². The van der Waals surface area contributed by atoms with Crippen molar-refractivity contribution in [1.29, 1.82) is 0 Å². The van der Waals surface area contributed by atoms with Crippen LogP contribution in [0, 0.1) is 5.92 Å². The van der Waals surface area contributed by atoms with Gasteiger partial charge in [0.1, 0.15) is 5.75 Å². The largest absolute Gasteiger partial charge is 0.507 e. The molecule has 1 saturated heterocycles. The van der Waals surface area contributed by atoms with E-state index in [9.17, 15) is 5.11 Å². The molecule has 0 aromatic heterocycles. The number of hydrogen-bond donors (Lipinski definition) is 1. The summed E-state index contributed by atoms with van der Waals surface area (Å²) in [6.07, 6.45) is 15.8. The van der Waals surface area contributed by atoms with Crippen LogP contribution in [-0.2, 0) is 5.41 Å². The van der Waals surface area contributed by atoms with E-state index in [0.29, 0.717) is 11.7 Å². The van der Waals surface area contributed by atoms with E-state index in [1.807, 2.05) is 0 Å². The number of benzene rings is 3. The fraction of sp³-hybridized carbons (Fsp3) is 0.469. The van der Waals surface area contributed by atoms with Crippen LogP contribution in [0.25, 0.3) is 10.8 Å². The van der Waals surface area contributed by atoms with Gasteiger partial charge in [-0.2, -0.15) is 0 Å². The van der Waals surface area contributed by atoms with E-state index < -0.39 is 0 Å². The van der Waals surface area contributed by atoms with Gasteiger partial charge in [-0.25, -0.2) is 0 Å². The molecule has 2 aliphatic carbocycles. The van der Waals surface area contributed by atoms with E-state index in [1.165, 1.54) is 81.4 Å². The Morgan fingerprint density at radius 3 is 2.20 bits per heavy atom. The molecule has 1 heterocycles. The van der Waals surface area contributed by atoms with Crippen LogP contribution >= 0.6 is 7.92 Å². The standard InChI is InChI=1S/C32H38NOP/c34-30-28-19-11-10-12-24(28)20-21-29(30)32(25-13-4-1-5-14-25)22-23-35(27-17-8-3-9-18-27)31(32)33-26-15-6-2-7-16-26/h2,6-7,10-12,15-16,19-21,25,27,34H,1,3-5,8-9,13-14,17-18,22-23H2. The third-order valence-electron chi connectivity index (χ3n) is 9.11. The van der Waals surface area contributed by atoms with Gasteiger partial charge in [0.25, 0.3) is 0 Å². The quantitative estimate of drug-likeness (QED) is 0.368. The highest BCUT2D eigenvalue weighted by molar-refractivity contribution is 7.76. The molecule has 3 heteroatoms. The lowest BCUT2D eigenvalue weighted by atomic mass is 9.63. The zero-order valence-electron chi connectivity index (χ0n) is 20.8. The van der Waals surface area contributed by atoms with Crippen molar-refractivity contribution in [3.05, 3.63) is 72.3 Å². The summed E-state index contributed by atoms with van der Waals surface area (Å²) in [5, 5.41) is 14.0. The Balaban J connectivity index is 1.57. The summed E-state index contributed by atoms with van der Waals surface area (Å²) in [6, 6.07) is 23.5. The van der Waals surface area contributed by atoms with Crippen LogP contribution in [0.2, 0.25) is 0 Å². The number of aromatic hydroxyl groups is 1. The molecular formula is C32H38NOP. The highest BCUT2D eigenvalue weighted by Gasteiger charge is 2.54. The lowest BCUT2D eigenvalue weighted by Crippen LogP contribution is -2.40. The molecule has 1 N–H and O–H groups in total. The monoisotopic (exact) mass is 483 g/mol. The molecule has 0 spiro atoms. The maximum Gasteiger partial charge on any atom is 0.127 e. The van der Waals surface area contributed by atoms with Crippen molar-refractivity contribution in [1.82, 2.24) is 0 Å². The Bertz CT molecular complexity index is 1190. The molecule has 2 nitrogen and oxygen atoms in total. The zero-order valence-corrected chi connectivity index (χ0v) is 21.7. The van der Waals surface area contributed by atoms with E-state index in [1.54, 1.807) is 0 Å². The minimum atomic E-state index is -0.303. The maximum absolute atomic E-state index is 11.8. The Hall–Kier alpha value is -2.18. The van der Waals surface area contributed by atoms with Gasteiger partial charge in [-0.15, -0.1) is 0 Å². The van der Waals surface area contributed by atoms with Crippen molar-refractivity contribution >= 4 is 29.8 Å². The second-order valence-electron chi connectivity index (χ2n) is 11.0. The lowest BCUT2D eigenvalue weighted by molar-refractivity contribution is 0.257. The first-order valence-corrected chi connectivity index (χ1v) is 15.5. The van der Waals surface area contributed by atoms with Gasteiger partial charge in [0.15, 0.2) is 0 Å². The minimum absolute atomic E-state index is 0.131. The van der Waals surface area contributed by atoms with Crippen LogP contribution in [0.1, 0.15) is 76.2 Å². The summed E-state index contributed by atoms with van der Waals surface area (Å²) in [6.45, 7) is 0. The van der Waals surface area contributed by atoms with E-state index >= 15 is 0 Å². The van der Waals surface area contributed by atoms with E-state index in [2.05, 4.69) is 66.7 Å². The summed E-state index contributed by atoms with van der Waals surface area (Å²) in [4.78, 5) is 5.58. The third-order valence-corrected chi connectivity index (χ3v) is 12.3. The summed E-state index contributed by atoms with van der Waals surface area (Å²) >= 11 is 0. The molecule has 0 radical (unpaired) electrons. The molecular weight excluding hydrogens is 445 g/mol. The Kier molecular flexibility index (Phi) is 6.68. The second kappa shape index (κ2) is 10.1. The fourth-order valence-electron chi connectivity index (χ4n) is 7.38. The summed E-state index contributed by atoms with van der Waals surface area (Å²) in [7, 11) is -0.303. The number of rotatable bonds is 4. The first-order chi connectivity index (χ1) is 17.3. The lowest BCUT2D eigenvalue weighted by Gasteiger charge is -2.42. The maximum atomic E-state index is 11.8. The number of para-hydroxylation sites is 1. The molecule has 2 atom stereocenters. The Morgan fingerprint density at radius 1 is 0.743 bits per heavy atom. The minimum Gasteiger partial charge on any atom is -0.507 e. The van der Waals surface area contributed by atoms with Crippen molar-refractivity contribution in [2.45, 2.75) is 81.7 Å². The molecule has 2 unspecified atom stereocenters. The van der Waals surface area contributed by atoms with Gasteiger partial charge in [0.05, 0.1) is 11.1 Å². The molecule has 3 fully saturated rings. The van der Waals surface area contributed by atoms with Crippen LogP contribution in [0.5, 0.6) is 5.75 Å². The average Bonchev–Trinajstić information content (AvgIpc) is 3.30. The highest BCUT2D eigenvalue weighted by atomic mass is 31.1. The third kappa shape index (κ3) is 4.23. The normalized spacial score (nSPS) is 27.5. The number of phenols is 1. The van der Waals surface area contributed by atoms with Crippen LogP contribution in [0.15, 0.2) is 71.7 Å². The van der Waals surface area contributed by atoms with E-state index in [-0.39, 0.29) is 13.3 Å². The molecule has 2 saturated carbocycles. The predicted octanol–water partition coefficient (Wildman–Crippen LogP) is 9.31. The number of nitrogens with zero attached hydrogens (tertiary/aromatic N) is 1. The number of fused-ring (bicyclic) bond motifs is 1.